The van der Waals surface area contributed by atoms with Crippen LogP contribution in [0.25, 0.3) is 22.0 Å². The van der Waals surface area contributed by atoms with E-state index in [0.717, 1.165) is 11.4 Å². The van der Waals surface area contributed by atoms with E-state index in [-0.39, 0.29) is 0 Å². The van der Waals surface area contributed by atoms with E-state index in [1.54, 1.807) is 0 Å². The van der Waals surface area contributed by atoms with Crippen molar-refractivity contribution in [2.24, 2.45) is 5.73 Å². The second-order valence-corrected chi connectivity index (χ2v) is 4.56. The van der Waals surface area contributed by atoms with Gasteiger partial charge in [-0.2, -0.15) is 0 Å². The van der Waals surface area contributed by atoms with Gasteiger partial charge in [0.2, 0.25) is 0 Å². The fraction of sp³-hybridized carbons (Fsp3) is 0.125. The van der Waals surface area contributed by atoms with Gasteiger partial charge in [-0.25, -0.2) is 0 Å². The van der Waals surface area contributed by atoms with E-state index in [1.807, 2.05) is 0 Å². The Bertz CT molecular complexity index is 690. The van der Waals surface area contributed by atoms with Gasteiger partial charge in [0.25, 0.3) is 0 Å². The molecule has 0 fully saturated rings. The molecular weight excluding hydrogens is 220 g/mol. The third-order valence-electron chi connectivity index (χ3n) is 3.42. The zero-order valence-corrected chi connectivity index (χ0v) is 10.4. The minimum absolute atomic E-state index is 0.576. The van der Waals surface area contributed by atoms with Crippen molar-refractivity contribution in [1.29, 1.82) is 0 Å². The Morgan fingerprint density at radius 1 is 1.06 bits per heavy atom. The van der Waals surface area contributed by atoms with Gasteiger partial charge in [0.1, 0.15) is 0 Å². The number of benzene rings is 2. The van der Waals surface area contributed by atoms with Crippen molar-refractivity contribution in [2.75, 3.05) is 0 Å². The van der Waals surface area contributed by atoms with Crippen molar-refractivity contribution in [2.45, 2.75) is 13.5 Å². The zero-order valence-electron chi connectivity index (χ0n) is 10.4. The van der Waals surface area contributed by atoms with Crippen LogP contribution in [0.2, 0.25) is 0 Å². The first kappa shape index (κ1) is 11.1. The highest BCUT2D eigenvalue weighted by molar-refractivity contribution is 5.95. The molecule has 0 bridgehead atoms. The lowest BCUT2D eigenvalue weighted by molar-refractivity contribution is 1.04. The lowest BCUT2D eigenvalue weighted by Crippen LogP contribution is -1.95. The summed E-state index contributed by atoms with van der Waals surface area (Å²) in [4.78, 5) is 3.42. The van der Waals surface area contributed by atoms with Gasteiger partial charge in [-0.05, 0) is 29.3 Å². The molecule has 0 saturated carbocycles. The van der Waals surface area contributed by atoms with Gasteiger partial charge in [0.05, 0.1) is 0 Å². The van der Waals surface area contributed by atoms with Gasteiger partial charge in [-0.15, -0.1) is 0 Å². The molecule has 3 aromatic rings. The van der Waals surface area contributed by atoms with Gasteiger partial charge in [-0.3, -0.25) is 0 Å². The Morgan fingerprint density at radius 3 is 2.61 bits per heavy atom. The predicted octanol–water partition coefficient (Wildman–Crippen LogP) is 3.60. The minimum atomic E-state index is 0.576. The molecule has 0 amide bonds. The number of nitrogens with two attached hydrogens (primary N) is 1. The Hall–Kier alpha value is -2.06. The molecule has 0 radical (unpaired) electrons. The van der Waals surface area contributed by atoms with Crippen molar-refractivity contribution in [1.82, 2.24) is 4.98 Å². The van der Waals surface area contributed by atoms with Crippen LogP contribution in [0, 0.1) is 6.92 Å². The molecule has 2 nitrogen and oxygen atoms in total. The summed E-state index contributed by atoms with van der Waals surface area (Å²) in [6.07, 6.45) is 0. The maximum absolute atomic E-state index is 5.73. The summed E-state index contributed by atoms with van der Waals surface area (Å²) in [5.41, 5.74) is 10.4. The molecule has 0 aliphatic rings. The molecule has 0 saturated heterocycles. The molecule has 0 atom stereocenters. The van der Waals surface area contributed by atoms with Gasteiger partial charge in [0.15, 0.2) is 0 Å². The van der Waals surface area contributed by atoms with Gasteiger partial charge < -0.3 is 10.7 Å². The zero-order chi connectivity index (χ0) is 12.5. The molecule has 0 aliphatic carbocycles. The number of hydrogen-bond acceptors (Lipinski definition) is 1. The maximum atomic E-state index is 5.73. The number of nitrogens with one attached hydrogen (secondary N) is 1. The Balaban J connectivity index is 2.24. The highest BCUT2D eigenvalue weighted by atomic mass is 14.7. The summed E-state index contributed by atoms with van der Waals surface area (Å²) in [7, 11) is 0. The lowest BCUT2D eigenvalue weighted by atomic mass is 10.0. The monoisotopic (exact) mass is 236 g/mol. The van der Waals surface area contributed by atoms with Crippen LogP contribution in [0.5, 0.6) is 0 Å². The second kappa shape index (κ2) is 4.31. The fourth-order valence-corrected chi connectivity index (χ4v) is 2.42. The Labute approximate surface area is 106 Å². The standard InChI is InChI=1S/C16H16N2/c1-11-13(10-17)9-16(18-11)15-8-4-6-12-5-2-3-7-14(12)15/h2-9,18H,10,17H2,1H3. The smallest absolute Gasteiger partial charge is 0.0465 e. The number of aromatic nitrogens is 1. The second-order valence-electron chi connectivity index (χ2n) is 4.56. The molecule has 0 aliphatic heterocycles. The lowest BCUT2D eigenvalue weighted by Gasteiger charge is -2.04. The van der Waals surface area contributed by atoms with Crippen LogP contribution in [0.15, 0.2) is 48.5 Å². The predicted molar refractivity (Wildman–Crippen MR) is 76.4 cm³/mol. The number of rotatable bonds is 2. The molecule has 3 rings (SSSR count). The van der Waals surface area contributed by atoms with Crippen LogP contribution < -0.4 is 5.73 Å². The summed E-state index contributed by atoms with van der Waals surface area (Å²) >= 11 is 0. The summed E-state index contributed by atoms with van der Waals surface area (Å²) in [6.45, 7) is 2.64. The summed E-state index contributed by atoms with van der Waals surface area (Å²) in [5, 5.41) is 2.53. The molecule has 1 aromatic heterocycles. The third kappa shape index (κ3) is 1.71. The van der Waals surface area contributed by atoms with Crippen LogP contribution in [0.4, 0.5) is 0 Å². The van der Waals surface area contributed by atoms with E-state index in [1.165, 1.54) is 21.9 Å². The number of aromatic amines is 1. The van der Waals surface area contributed by atoms with Crippen molar-refractivity contribution >= 4 is 10.8 Å². The molecule has 1 heterocycles. The first-order valence-corrected chi connectivity index (χ1v) is 6.16. The number of aryl methyl sites for hydroxylation is 1. The Morgan fingerprint density at radius 2 is 1.83 bits per heavy atom. The molecular formula is C16H16N2. The van der Waals surface area contributed by atoms with Gasteiger partial charge in [-0.1, -0.05) is 42.5 Å². The van der Waals surface area contributed by atoms with E-state index in [9.17, 15) is 0 Å². The van der Waals surface area contributed by atoms with E-state index in [0.29, 0.717) is 6.54 Å². The molecule has 2 heteroatoms. The van der Waals surface area contributed by atoms with Crippen molar-refractivity contribution in [3.8, 4) is 11.3 Å². The fourth-order valence-electron chi connectivity index (χ4n) is 2.42. The first-order chi connectivity index (χ1) is 8.79. The molecule has 3 N–H and O–H groups in total. The molecule has 90 valence electrons. The summed E-state index contributed by atoms with van der Waals surface area (Å²) < 4.78 is 0. The SMILES string of the molecule is Cc1[nH]c(-c2cccc3ccccc23)cc1CN. The molecule has 18 heavy (non-hydrogen) atoms. The average Bonchev–Trinajstić information content (AvgIpc) is 2.79. The highest BCUT2D eigenvalue weighted by Crippen LogP contribution is 2.29. The van der Waals surface area contributed by atoms with E-state index >= 15 is 0 Å². The van der Waals surface area contributed by atoms with E-state index in [2.05, 4.69) is 60.4 Å². The number of H-pyrrole nitrogens is 1. The van der Waals surface area contributed by atoms with E-state index < -0.39 is 0 Å². The van der Waals surface area contributed by atoms with Gasteiger partial charge >= 0.3 is 0 Å². The van der Waals surface area contributed by atoms with Crippen LogP contribution in [0.3, 0.4) is 0 Å². The van der Waals surface area contributed by atoms with Crippen molar-refractivity contribution in [3.63, 3.8) is 0 Å². The molecule has 0 spiro atoms. The third-order valence-corrected chi connectivity index (χ3v) is 3.42. The van der Waals surface area contributed by atoms with E-state index in [4.69, 9.17) is 5.73 Å². The maximum Gasteiger partial charge on any atom is 0.0465 e. The first-order valence-electron chi connectivity index (χ1n) is 6.16. The Kier molecular flexibility index (Phi) is 2.65. The molecule has 2 aromatic carbocycles. The summed E-state index contributed by atoms with van der Waals surface area (Å²) in [5.74, 6) is 0. The van der Waals surface area contributed by atoms with Crippen LogP contribution in [-0.4, -0.2) is 4.98 Å². The number of hydrogen-bond donors (Lipinski definition) is 2. The average molecular weight is 236 g/mol. The quantitative estimate of drug-likeness (QED) is 0.701. The molecule has 0 unspecified atom stereocenters. The highest BCUT2D eigenvalue weighted by Gasteiger charge is 2.07. The van der Waals surface area contributed by atoms with Crippen LogP contribution in [-0.2, 0) is 6.54 Å². The van der Waals surface area contributed by atoms with Crippen LogP contribution in [0.1, 0.15) is 11.3 Å². The largest absolute Gasteiger partial charge is 0.358 e. The van der Waals surface area contributed by atoms with Crippen LogP contribution >= 0.6 is 0 Å². The topological polar surface area (TPSA) is 41.8 Å². The van der Waals surface area contributed by atoms with Crippen molar-refractivity contribution < 1.29 is 0 Å². The van der Waals surface area contributed by atoms with Crippen molar-refractivity contribution in [3.05, 3.63) is 59.8 Å². The number of fused-ring (bicyclic) bond motifs is 1. The summed E-state index contributed by atoms with van der Waals surface area (Å²) in [6, 6.07) is 17.0. The van der Waals surface area contributed by atoms with Gasteiger partial charge in [0, 0.05) is 23.5 Å². The normalized spacial score (nSPS) is 11.0. The minimum Gasteiger partial charge on any atom is -0.358 e.